The molecule has 228 valence electrons. The number of carbonyl (C=O) groups is 2. The van der Waals surface area contributed by atoms with Crippen molar-refractivity contribution in [2.75, 3.05) is 38.7 Å². The molecule has 3 atom stereocenters. The Hall–Kier alpha value is -4.39. The van der Waals surface area contributed by atoms with Gasteiger partial charge in [-0.3, -0.25) is 14.4 Å². The fourth-order valence-electron chi connectivity index (χ4n) is 5.78. The highest BCUT2D eigenvalue weighted by Crippen LogP contribution is 2.37. The van der Waals surface area contributed by atoms with Gasteiger partial charge in [-0.2, -0.15) is 8.78 Å². The number of amides is 2. The van der Waals surface area contributed by atoms with E-state index in [1.165, 1.54) is 24.1 Å². The molecule has 5 rings (SSSR count). The number of rotatable bonds is 8. The molecular formula is C30H30F4N4O5. The number of pyridine rings is 1. The quantitative estimate of drug-likeness (QED) is 0.394. The Morgan fingerprint density at radius 1 is 1.02 bits per heavy atom. The van der Waals surface area contributed by atoms with Gasteiger partial charge in [-0.25, -0.2) is 8.78 Å². The summed E-state index contributed by atoms with van der Waals surface area (Å²) in [6, 6.07) is 6.81. The number of hydrogen-bond acceptors (Lipinski definition) is 6. The first-order chi connectivity index (χ1) is 20.5. The lowest BCUT2D eigenvalue weighted by Gasteiger charge is -2.22. The number of ether oxygens (including phenoxy) is 2. The second-order valence-corrected chi connectivity index (χ2v) is 10.7. The number of likely N-dealkylation sites (tertiary alicyclic amines) is 1. The van der Waals surface area contributed by atoms with E-state index in [1.54, 1.807) is 23.8 Å². The third-order valence-electron chi connectivity index (χ3n) is 7.93. The van der Waals surface area contributed by atoms with Gasteiger partial charge in [-0.05, 0) is 62.8 Å². The molecule has 1 unspecified atom stereocenters. The summed E-state index contributed by atoms with van der Waals surface area (Å²) in [6.45, 7) is -0.257. The molecule has 43 heavy (non-hydrogen) atoms. The third kappa shape index (κ3) is 5.94. The summed E-state index contributed by atoms with van der Waals surface area (Å²) in [5.74, 6) is -4.98. The van der Waals surface area contributed by atoms with Crippen molar-refractivity contribution in [3.8, 4) is 11.5 Å². The van der Waals surface area contributed by atoms with E-state index < -0.39 is 53.1 Å². The molecule has 1 N–H and O–H groups in total. The number of benzene rings is 2. The van der Waals surface area contributed by atoms with Crippen LogP contribution in [0.25, 0.3) is 0 Å². The Morgan fingerprint density at radius 2 is 1.70 bits per heavy atom. The SMILES string of the molecule is COc1cc(F)c([C@@H]2CN(c3c(C)ccn(C4CCN(C)C4)c3=O)C(=O)[C@H]2NC(=O)c2ccc(OC(F)F)cc2)c(F)c1. The molecule has 0 aliphatic carbocycles. The van der Waals surface area contributed by atoms with Gasteiger partial charge >= 0.3 is 6.61 Å². The van der Waals surface area contributed by atoms with E-state index in [9.17, 15) is 23.2 Å². The van der Waals surface area contributed by atoms with E-state index in [1.807, 2.05) is 7.05 Å². The van der Waals surface area contributed by atoms with Crippen LogP contribution in [0.4, 0.5) is 23.2 Å². The summed E-state index contributed by atoms with van der Waals surface area (Å²) >= 11 is 0. The van der Waals surface area contributed by atoms with E-state index in [4.69, 9.17) is 4.74 Å². The zero-order valence-corrected chi connectivity index (χ0v) is 23.7. The molecule has 2 aliphatic rings. The molecule has 2 aromatic carbocycles. The first kappa shape index (κ1) is 30.1. The van der Waals surface area contributed by atoms with Crippen LogP contribution in [-0.2, 0) is 4.79 Å². The van der Waals surface area contributed by atoms with Crippen LogP contribution in [0.5, 0.6) is 11.5 Å². The minimum absolute atomic E-state index is 0.00843. The second kappa shape index (κ2) is 12.1. The van der Waals surface area contributed by atoms with Crippen molar-refractivity contribution < 1.29 is 36.6 Å². The number of likely N-dealkylation sites (N-methyl/N-ethyl adjacent to an activating group) is 1. The highest BCUT2D eigenvalue weighted by Gasteiger charge is 2.46. The number of carbonyl (C=O) groups excluding carboxylic acids is 2. The van der Waals surface area contributed by atoms with Gasteiger partial charge < -0.3 is 29.2 Å². The van der Waals surface area contributed by atoms with Crippen molar-refractivity contribution in [3.05, 3.63) is 87.3 Å². The Bertz CT molecular complexity index is 1570. The largest absolute Gasteiger partial charge is 0.497 e. The fourth-order valence-corrected chi connectivity index (χ4v) is 5.78. The van der Waals surface area contributed by atoms with Gasteiger partial charge in [0.2, 0.25) is 5.91 Å². The van der Waals surface area contributed by atoms with Crippen LogP contribution in [0.1, 0.15) is 39.9 Å². The standard InChI is InChI=1S/C30H30F4N4O5/c1-16-8-11-37(18-9-10-36(2)14-18)29(41)26(16)38-15-21(24-22(31)12-20(42-3)13-23(24)32)25(28(38)40)35-27(39)17-4-6-19(7-5-17)43-30(33)34/h4-8,11-13,18,21,25,30H,9-10,14-15H2,1-3H3,(H,35,39)/t18?,21-,25-/m0/s1. The molecule has 3 aromatic rings. The maximum absolute atomic E-state index is 15.3. The average molecular weight is 603 g/mol. The zero-order chi connectivity index (χ0) is 31.0. The van der Waals surface area contributed by atoms with Crippen LogP contribution in [0.2, 0.25) is 0 Å². The molecular weight excluding hydrogens is 572 g/mol. The second-order valence-electron chi connectivity index (χ2n) is 10.7. The minimum atomic E-state index is -3.06. The van der Waals surface area contributed by atoms with Crippen LogP contribution < -0.4 is 25.2 Å². The van der Waals surface area contributed by atoms with Crippen LogP contribution >= 0.6 is 0 Å². The highest BCUT2D eigenvalue weighted by atomic mass is 19.3. The first-order valence-corrected chi connectivity index (χ1v) is 13.6. The number of anilines is 1. The summed E-state index contributed by atoms with van der Waals surface area (Å²) < 4.78 is 66.6. The van der Waals surface area contributed by atoms with E-state index in [0.717, 1.165) is 37.2 Å². The zero-order valence-electron chi connectivity index (χ0n) is 23.7. The molecule has 2 amide bonds. The van der Waals surface area contributed by atoms with Crippen LogP contribution in [0.15, 0.2) is 53.5 Å². The van der Waals surface area contributed by atoms with Crippen molar-refractivity contribution in [2.45, 2.75) is 38.0 Å². The Morgan fingerprint density at radius 3 is 2.28 bits per heavy atom. The molecule has 0 bridgehead atoms. The van der Waals surface area contributed by atoms with Gasteiger partial charge in [-0.15, -0.1) is 0 Å². The number of aryl methyl sites for hydroxylation is 1. The monoisotopic (exact) mass is 602 g/mol. The molecule has 0 spiro atoms. The highest BCUT2D eigenvalue weighted by molar-refractivity contribution is 6.05. The lowest BCUT2D eigenvalue weighted by molar-refractivity contribution is -0.118. The number of aromatic nitrogens is 1. The molecule has 0 radical (unpaired) electrons. The number of halogens is 4. The van der Waals surface area contributed by atoms with Crippen molar-refractivity contribution >= 4 is 17.5 Å². The molecule has 3 heterocycles. The van der Waals surface area contributed by atoms with Crippen LogP contribution in [0, 0.1) is 18.6 Å². The average Bonchev–Trinajstić information content (AvgIpc) is 3.51. The number of hydrogen-bond donors (Lipinski definition) is 1. The lowest BCUT2D eigenvalue weighted by Crippen LogP contribution is -2.45. The fraction of sp³-hybridized carbons (Fsp3) is 0.367. The summed E-state index contributed by atoms with van der Waals surface area (Å²) in [5, 5.41) is 2.55. The lowest BCUT2D eigenvalue weighted by atomic mass is 9.92. The maximum atomic E-state index is 15.3. The van der Waals surface area contributed by atoms with Crippen molar-refractivity contribution in [1.29, 1.82) is 0 Å². The summed E-state index contributed by atoms with van der Waals surface area (Å²) in [6.07, 6.45) is 2.41. The molecule has 2 fully saturated rings. The third-order valence-corrected chi connectivity index (χ3v) is 7.93. The Labute approximate surface area is 244 Å². The molecule has 1 aromatic heterocycles. The minimum Gasteiger partial charge on any atom is -0.497 e. The molecule has 13 heteroatoms. The van der Waals surface area contributed by atoms with Gasteiger partial charge in [-0.1, -0.05) is 0 Å². The maximum Gasteiger partial charge on any atom is 0.387 e. The summed E-state index contributed by atoms with van der Waals surface area (Å²) in [4.78, 5) is 44.2. The van der Waals surface area contributed by atoms with E-state index in [2.05, 4.69) is 15.0 Å². The van der Waals surface area contributed by atoms with Crippen molar-refractivity contribution in [2.24, 2.45) is 0 Å². The van der Waals surface area contributed by atoms with E-state index >= 15 is 8.78 Å². The van der Waals surface area contributed by atoms with Crippen LogP contribution in [0.3, 0.4) is 0 Å². The van der Waals surface area contributed by atoms with Gasteiger partial charge in [0.15, 0.2) is 0 Å². The van der Waals surface area contributed by atoms with E-state index in [-0.39, 0.29) is 35.3 Å². The summed E-state index contributed by atoms with van der Waals surface area (Å²) in [5.41, 5.74) is -0.340. The van der Waals surface area contributed by atoms with Gasteiger partial charge in [0, 0.05) is 48.5 Å². The first-order valence-electron chi connectivity index (χ1n) is 13.6. The topological polar surface area (TPSA) is 93.1 Å². The van der Waals surface area contributed by atoms with E-state index in [0.29, 0.717) is 12.1 Å². The number of nitrogens with one attached hydrogen (secondary N) is 1. The molecule has 0 saturated carbocycles. The van der Waals surface area contributed by atoms with Gasteiger partial charge in [0.1, 0.15) is 34.9 Å². The van der Waals surface area contributed by atoms with Crippen molar-refractivity contribution in [1.82, 2.24) is 14.8 Å². The number of nitrogens with zero attached hydrogens (tertiary/aromatic N) is 3. The predicted octanol–water partition coefficient (Wildman–Crippen LogP) is 3.85. The van der Waals surface area contributed by atoms with Crippen molar-refractivity contribution in [3.63, 3.8) is 0 Å². The Kier molecular flexibility index (Phi) is 8.45. The molecule has 9 nitrogen and oxygen atoms in total. The normalized spacial score (nSPS) is 20.6. The van der Waals surface area contributed by atoms with Gasteiger partial charge in [0.05, 0.1) is 13.2 Å². The summed E-state index contributed by atoms with van der Waals surface area (Å²) in [7, 11) is 3.19. The number of alkyl halides is 2. The number of methoxy groups -OCH3 is 1. The van der Waals surface area contributed by atoms with Crippen LogP contribution in [-0.4, -0.2) is 67.7 Å². The predicted molar refractivity (Wildman–Crippen MR) is 149 cm³/mol. The molecule has 2 aliphatic heterocycles. The smallest absolute Gasteiger partial charge is 0.387 e. The Balaban J connectivity index is 1.53. The van der Waals surface area contributed by atoms with Gasteiger partial charge in [0.25, 0.3) is 11.5 Å². The molecule has 2 saturated heterocycles.